The van der Waals surface area contributed by atoms with Gasteiger partial charge in [-0.1, -0.05) is 71.3 Å². The number of hydrogen-bond acceptors (Lipinski definition) is 0. The molecule has 0 aromatic heterocycles. The molecule has 0 radical (unpaired) electrons. The lowest BCUT2D eigenvalue weighted by molar-refractivity contribution is 0.218. The van der Waals surface area contributed by atoms with Crippen LogP contribution in [0, 0.1) is 5.41 Å². The molecule has 0 aromatic carbocycles. The molecule has 0 rings (SSSR count). The molecule has 0 amide bonds. The largest absolute Gasteiger partial charge is 0.0848 e. The van der Waals surface area contributed by atoms with Crippen molar-refractivity contribution in [3.8, 4) is 0 Å². The zero-order valence-electron chi connectivity index (χ0n) is 11.8. The minimum atomic E-state index is 0.605. The quantitative estimate of drug-likeness (QED) is 0.426. The maximum absolute atomic E-state index is 2.35. The predicted octanol–water partition coefficient (Wildman–Crippen LogP) is 5.90. The molecule has 94 valence electrons. The number of rotatable bonds is 9. The van der Waals surface area contributed by atoms with Crippen molar-refractivity contribution >= 4 is 0 Å². The molecule has 0 saturated carbocycles. The Bertz CT molecular complexity index is 194. The van der Waals surface area contributed by atoms with E-state index in [2.05, 4.69) is 52.0 Å². The van der Waals surface area contributed by atoms with E-state index in [0.29, 0.717) is 5.41 Å². The summed E-state index contributed by atoms with van der Waals surface area (Å²) in [5.74, 6) is 0. The van der Waals surface area contributed by atoms with E-state index in [1.807, 2.05) is 0 Å². The first kappa shape index (κ1) is 15.5. The average molecular weight is 222 g/mol. The normalized spacial score (nSPS) is 13.0. The van der Waals surface area contributed by atoms with Gasteiger partial charge in [-0.05, 0) is 31.1 Å². The molecule has 0 unspecified atom stereocenters. The molecule has 0 spiro atoms. The fraction of sp³-hybridized carbons (Fsp3) is 0.750. The van der Waals surface area contributed by atoms with Crippen LogP contribution in [0.2, 0.25) is 0 Å². The monoisotopic (exact) mass is 222 g/mol. The van der Waals surface area contributed by atoms with E-state index in [-0.39, 0.29) is 0 Å². The third-order valence-electron chi connectivity index (χ3n) is 3.74. The molecule has 0 aliphatic rings. The summed E-state index contributed by atoms with van der Waals surface area (Å²) in [6, 6.07) is 0. The van der Waals surface area contributed by atoms with E-state index < -0.39 is 0 Å². The second kappa shape index (κ2) is 9.69. The third-order valence-corrected chi connectivity index (χ3v) is 3.74. The van der Waals surface area contributed by atoms with Gasteiger partial charge in [0.05, 0.1) is 0 Å². The number of hydrogen-bond donors (Lipinski definition) is 0. The summed E-state index contributed by atoms with van der Waals surface area (Å²) in [7, 11) is 0. The van der Waals surface area contributed by atoms with Crippen LogP contribution in [-0.2, 0) is 0 Å². The fourth-order valence-corrected chi connectivity index (χ4v) is 2.39. The van der Waals surface area contributed by atoms with Crippen molar-refractivity contribution in [1.82, 2.24) is 0 Å². The van der Waals surface area contributed by atoms with Crippen LogP contribution in [0.5, 0.6) is 0 Å². The highest BCUT2D eigenvalue weighted by Crippen LogP contribution is 2.36. The van der Waals surface area contributed by atoms with Crippen LogP contribution in [0.25, 0.3) is 0 Å². The van der Waals surface area contributed by atoms with Crippen molar-refractivity contribution in [1.29, 1.82) is 0 Å². The summed E-state index contributed by atoms with van der Waals surface area (Å²) in [4.78, 5) is 0. The van der Waals surface area contributed by atoms with Gasteiger partial charge in [0.2, 0.25) is 0 Å². The molecule has 0 saturated heterocycles. The van der Waals surface area contributed by atoms with Crippen LogP contribution < -0.4 is 0 Å². The summed E-state index contributed by atoms with van der Waals surface area (Å²) >= 11 is 0. The highest BCUT2D eigenvalue weighted by Gasteiger charge is 2.23. The molecule has 0 bridgehead atoms. The van der Waals surface area contributed by atoms with Gasteiger partial charge in [-0.25, -0.2) is 0 Å². The molecule has 0 aliphatic heterocycles. The van der Waals surface area contributed by atoms with Crippen LogP contribution in [0.3, 0.4) is 0 Å². The minimum Gasteiger partial charge on any atom is -0.0848 e. The Morgan fingerprint density at radius 1 is 0.812 bits per heavy atom. The van der Waals surface area contributed by atoms with Crippen LogP contribution >= 0.6 is 0 Å². The van der Waals surface area contributed by atoms with Gasteiger partial charge in [-0.2, -0.15) is 0 Å². The Morgan fingerprint density at radius 2 is 1.44 bits per heavy atom. The first-order valence-electron chi connectivity index (χ1n) is 7.06. The zero-order valence-corrected chi connectivity index (χ0v) is 11.8. The second-order valence-electron chi connectivity index (χ2n) is 4.76. The van der Waals surface area contributed by atoms with Gasteiger partial charge in [0, 0.05) is 0 Å². The lowest BCUT2D eigenvalue weighted by atomic mass is 9.75. The smallest absolute Gasteiger partial charge is 0.0300 e. The fourth-order valence-electron chi connectivity index (χ4n) is 2.39. The van der Waals surface area contributed by atoms with Crippen LogP contribution in [0.15, 0.2) is 24.3 Å². The van der Waals surface area contributed by atoms with Crippen molar-refractivity contribution in [2.75, 3.05) is 0 Å². The van der Waals surface area contributed by atoms with Crippen molar-refractivity contribution in [2.45, 2.75) is 72.6 Å². The van der Waals surface area contributed by atoms with Crippen molar-refractivity contribution < 1.29 is 0 Å². The molecule has 0 nitrogen and oxygen atoms in total. The highest BCUT2D eigenvalue weighted by molar-refractivity contribution is 5.02. The molecule has 0 aliphatic carbocycles. The Hall–Kier alpha value is -0.520. The van der Waals surface area contributed by atoms with Crippen molar-refractivity contribution in [2.24, 2.45) is 5.41 Å². The van der Waals surface area contributed by atoms with E-state index in [1.54, 1.807) is 0 Å². The zero-order chi connectivity index (χ0) is 12.3. The summed E-state index contributed by atoms with van der Waals surface area (Å²) in [6.07, 6.45) is 18.0. The van der Waals surface area contributed by atoms with Gasteiger partial charge in [-0.15, -0.1) is 0 Å². The van der Waals surface area contributed by atoms with Gasteiger partial charge < -0.3 is 0 Å². The van der Waals surface area contributed by atoms with Gasteiger partial charge in [0.25, 0.3) is 0 Å². The van der Waals surface area contributed by atoms with Gasteiger partial charge in [0.15, 0.2) is 0 Å². The first-order chi connectivity index (χ1) is 7.74. The van der Waals surface area contributed by atoms with Crippen LogP contribution in [0.4, 0.5) is 0 Å². The van der Waals surface area contributed by atoms with Gasteiger partial charge in [0.1, 0.15) is 0 Å². The number of allylic oxidation sites excluding steroid dienone is 4. The first-order valence-corrected chi connectivity index (χ1v) is 7.06. The van der Waals surface area contributed by atoms with Crippen molar-refractivity contribution in [3.05, 3.63) is 24.3 Å². The summed E-state index contributed by atoms with van der Waals surface area (Å²) in [5, 5.41) is 0. The van der Waals surface area contributed by atoms with E-state index in [1.165, 1.54) is 38.5 Å². The molecule has 0 heterocycles. The second-order valence-corrected chi connectivity index (χ2v) is 4.76. The van der Waals surface area contributed by atoms with Crippen LogP contribution in [0.1, 0.15) is 72.6 Å². The van der Waals surface area contributed by atoms with Crippen LogP contribution in [-0.4, -0.2) is 0 Å². The molecule has 16 heavy (non-hydrogen) atoms. The maximum atomic E-state index is 2.35. The molecule has 0 fully saturated rings. The Kier molecular flexibility index (Phi) is 9.37. The summed E-state index contributed by atoms with van der Waals surface area (Å²) < 4.78 is 0. The minimum absolute atomic E-state index is 0.605. The molecule has 0 aromatic rings. The van der Waals surface area contributed by atoms with E-state index in [9.17, 15) is 0 Å². The summed E-state index contributed by atoms with van der Waals surface area (Å²) in [5.41, 5.74) is 0.605. The van der Waals surface area contributed by atoms with E-state index in [4.69, 9.17) is 0 Å². The lowest BCUT2D eigenvalue weighted by Gasteiger charge is -2.31. The molecular weight excluding hydrogens is 192 g/mol. The predicted molar refractivity (Wildman–Crippen MR) is 75.7 cm³/mol. The van der Waals surface area contributed by atoms with E-state index in [0.717, 1.165) is 6.42 Å². The topological polar surface area (TPSA) is 0 Å². The average Bonchev–Trinajstić information content (AvgIpc) is 2.32. The standard InChI is InChI=1S/C16H30/c1-5-9-10-11-12-13-15-16(7-3,8-4)14-6-2/h9-12H,5-8,13-15H2,1-4H3/b10-9?,12-11+. The Morgan fingerprint density at radius 3 is 1.94 bits per heavy atom. The lowest BCUT2D eigenvalue weighted by Crippen LogP contribution is -2.18. The Labute approximate surface area is 103 Å². The van der Waals surface area contributed by atoms with Gasteiger partial charge in [-0.3, -0.25) is 0 Å². The Balaban J connectivity index is 4.01. The summed E-state index contributed by atoms with van der Waals surface area (Å²) in [6.45, 7) is 9.17. The van der Waals surface area contributed by atoms with E-state index >= 15 is 0 Å². The molecular formula is C16H30. The SMILES string of the molecule is CCC=C/C=C/CCC(CC)(CC)CCC. The van der Waals surface area contributed by atoms with Gasteiger partial charge >= 0.3 is 0 Å². The third kappa shape index (κ3) is 6.15. The maximum Gasteiger partial charge on any atom is -0.0300 e. The highest BCUT2D eigenvalue weighted by atomic mass is 14.3. The molecule has 0 heteroatoms. The molecule has 0 N–H and O–H groups in total. The molecule has 0 atom stereocenters. The van der Waals surface area contributed by atoms with Crippen molar-refractivity contribution in [3.63, 3.8) is 0 Å².